The van der Waals surface area contributed by atoms with Gasteiger partial charge in [0.15, 0.2) is 0 Å². The van der Waals surface area contributed by atoms with Crippen LogP contribution in [-0.2, 0) is 14.3 Å². The van der Waals surface area contributed by atoms with Gasteiger partial charge in [0.2, 0.25) is 0 Å². The van der Waals surface area contributed by atoms with Crippen molar-refractivity contribution in [2.24, 2.45) is 5.92 Å². The molecule has 1 N–H and O–H groups in total. The molecule has 0 heterocycles. The maximum Gasteiger partial charge on any atom is 0.412 e. The summed E-state index contributed by atoms with van der Waals surface area (Å²) >= 11 is 0. The Kier molecular flexibility index (Phi) is 6.28. The van der Waals surface area contributed by atoms with Crippen molar-refractivity contribution < 1.29 is 23.8 Å². The topological polar surface area (TPSA) is 73.9 Å². The molecule has 0 bridgehead atoms. The standard InChI is InChI=1S/C19H27NO5/c1-19(2,3)25-18(22)20-14-7-11-16(12-8-14)24-15-9-5-13(6-10-15)17(21)23-4/h7-8,11-13,15H,5-6,9-10H2,1-4H3,(H,20,22). The fourth-order valence-corrected chi connectivity index (χ4v) is 2.81. The number of hydrogen-bond acceptors (Lipinski definition) is 5. The van der Waals surface area contributed by atoms with Crippen LogP contribution >= 0.6 is 0 Å². The van der Waals surface area contributed by atoms with Gasteiger partial charge in [0.05, 0.1) is 19.1 Å². The summed E-state index contributed by atoms with van der Waals surface area (Å²) in [6.45, 7) is 5.45. The van der Waals surface area contributed by atoms with Crippen molar-refractivity contribution >= 4 is 17.7 Å². The van der Waals surface area contributed by atoms with Crippen molar-refractivity contribution in [3.8, 4) is 5.75 Å². The van der Waals surface area contributed by atoms with Gasteiger partial charge in [0.1, 0.15) is 11.4 Å². The minimum Gasteiger partial charge on any atom is -0.490 e. The highest BCUT2D eigenvalue weighted by Crippen LogP contribution is 2.29. The third-order valence-corrected chi connectivity index (χ3v) is 4.01. The molecule has 0 saturated heterocycles. The normalized spacial score (nSPS) is 20.5. The van der Waals surface area contributed by atoms with Gasteiger partial charge in [-0.2, -0.15) is 0 Å². The summed E-state index contributed by atoms with van der Waals surface area (Å²) in [4.78, 5) is 23.3. The van der Waals surface area contributed by atoms with Gasteiger partial charge in [0, 0.05) is 5.69 Å². The maximum atomic E-state index is 11.7. The number of carbonyl (C=O) groups is 2. The Morgan fingerprint density at radius 1 is 1.04 bits per heavy atom. The lowest BCUT2D eigenvalue weighted by Gasteiger charge is -2.27. The highest BCUT2D eigenvalue weighted by Gasteiger charge is 2.27. The predicted octanol–water partition coefficient (Wildman–Crippen LogP) is 4.14. The predicted molar refractivity (Wildman–Crippen MR) is 94.7 cm³/mol. The van der Waals surface area contributed by atoms with E-state index in [0.29, 0.717) is 5.69 Å². The van der Waals surface area contributed by atoms with E-state index >= 15 is 0 Å². The van der Waals surface area contributed by atoms with Crippen LogP contribution in [0.3, 0.4) is 0 Å². The fourth-order valence-electron chi connectivity index (χ4n) is 2.81. The van der Waals surface area contributed by atoms with E-state index in [1.165, 1.54) is 7.11 Å². The molecule has 1 aliphatic carbocycles. The number of benzene rings is 1. The van der Waals surface area contributed by atoms with Crippen molar-refractivity contribution in [3.05, 3.63) is 24.3 Å². The molecule has 0 aromatic heterocycles. The number of methoxy groups -OCH3 is 1. The lowest BCUT2D eigenvalue weighted by Crippen LogP contribution is -2.28. The van der Waals surface area contributed by atoms with Gasteiger partial charge in [-0.05, 0) is 70.7 Å². The van der Waals surface area contributed by atoms with Crippen molar-refractivity contribution in [1.29, 1.82) is 0 Å². The monoisotopic (exact) mass is 349 g/mol. The molecule has 6 nitrogen and oxygen atoms in total. The van der Waals surface area contributed by atoms with E-state index in [1.807, 2.05) is 32.9 Å². The SMILES string of the molecule is COC(=O)C1CCC(Oc2ccc(NC(=O)OC(C)(C)C)cc2)CC1. The van der Waals surface area contributed by atoms with E-state index in [0.717, 1.165) is 31.4 Å². The number of esters is 1. The molecule has 1 aromatic carbocycles. The molecule has 6 heteroatoms. The molecule has 2 rings (SSSR count). The number of rotatable bonds is 4. The van der Waals surface area contributed by atoms with Crippen LogP contribution in [0.15, 0.2) is 24.3 Å². The van der Waals surface area contributed by atoms with Crippen molar-refractivity contribution in [3.63, 3.8) is 0 Å². The lowest BCUT2D eigenvalue weighted by atomic mass is 9.87. The van der Waals surface area contributed by atoms with Crippen LogP contribution in [0.1, 0.15) is 46.5 Å². The third kappa shape index (κ3) is 6.29. The van der Waals surface area contributed by atoms with Crippen LogP contribution in [0.5, 0.6) is 5.75 Å². The molecule has 25 heavy (non-hydrogen) atoms. The Bertz CT molecular complexity index is 583. The first-order valence-corrected chi connectivity index (χ1v) is 8.61. The minimum absolute atomic E-state index is 0.00902. The van der Waals surface area contributed by atoms with Crippen molar-refractivity contribution in [2.45, 2.75) is 58.2 Å². The zero-order valence-electron chi connectivity index (χ0n) is 15.3. The van der Waals surface area contributed by atoms with Gasteiger partial charge in [-0.15, -0.1) is 0 Å². The maximum absolute atomic E-state index is 11.7. The quantitative estimate of drug-likeness (QED) is 0.827. The van der Waals surface area contributed by atoms with Crippen LogP contribution in [-0.4, -0.2) is 30.9 Å². The van der Waals surface area contributed by atoms with Crippen molar-refractivity contribution in [1.82, 2.24) is 0 Å². The zero-order chi connectivity index (χ0) is 18.4. The second kappa shape index (κ2) is 8.23. The number of nitrogens with one attached hydrogen (secondary N) is 1. The molecule has 1 aliphatic rings. The summed E-state index contributed by atoms with van der Waals surface area (Å²) < 4.78 is 16.0. The molecule has 1 aromatic rings. The molecular weight excluding hydrogens is 322 g/mol. The Morgan fingerprint density at radius 2 is 1.64 bits per heavy atom. The Balaban J connectivity index is 1.81. The average Bonchev–Trinajstić information content (AvgIpc) is 2.55. The highest BCUT2D eigenvalue weighted by atomic mass is 16.6. The molecular formula is C19H27NO5. The van der Waals surface area contributed by atoms with Gasteiger partial charge >= 0.3 is 12.1 Å². The summed E-state index contributed by atoms with van der Waals surface area (Å²) in [7, 11) is 1.43. The van der Waals surface area contributed by atoms with E-state index in [2.05, 4.69) is 5.32 Å². The van der Waals surface area contributed by atoms with E-state index in [9.17, 15) is 9.59 Å². The molecule has 1 amide bonds. The van der Waals surface area contributed by atoms with E-state index in [-0.39, 0.29) is 18.0 Å². The minimum atomic E-state index is -0.532. The second-order valence-corrected chi connectivity index (χ2v) is 7.27. The van der Waals surface area contributed by atoms with Gasteiger partial charge in [-0.1, -0.05) is 0 Å². The molecule has 1 fully saturated rings. The van der Waals surface area contributed by atoms with Gasteiger partial charge in [0.25, 0.3) is 0 Å². The lowest BCUT2D eigenvalue weighted by molar-refractivity contribution is -0.147. The van der Waals surface area contributed by atoms with Crippen molar-refractivity contribution in [2.75, 3.05) is 12.4 Å². The Morgan fingerprint density at radius 3 is 2.16 bits per heavy atom. The number of carbonyl (C=O) groups excluding carboxylic acids is 2. The molecule has 0 unspecified atom stereocenters. The van der Waals surface area contributed by atoms with E-state index in [1.54, 1.807) is 12.1 Å². The Labute approximate surface area is 148 Å². The Hall–Kier alpha value is -2.24. The molecule has 138 valence electrons. The zero-order valence-corrected chi connectivity index (χ0v) is 15.3. The number of anilines is 1. The molecule has 0 atom stereocenters. The molecule has 0 spiro atoms. The highest BCUT2D eigenvalue weighted by molar-refractivity contribution is 5.84. The van der Waals surface area contributed by atoms with Crippen LogP contribution in [0.25, 0.3) is 0 Å². The van der Waals surface area contributed by atoms with Crippen LogP contribution in [0.4, 0.5) is 10.5 Å². The van der Waals surface area contributed by atoms with Gasteiger partial charge < -0.3 is 14.2 Å². The second-order valence-electron chi connectivity index (χ2n) is 7.27. The summed E-state index contributed by atoms with van der Waals surface area (Å²) in [5.74, 6) is 0.609. The first-order valence-electron chi connectivity index (χ1n) is 8.61. The summed E-state index contributed by atoms with van der Waals surface area (Å²) in [6, 6.07) is 7.19. The molecule has 1 saturated carbocycles. The first-order chi connectivity index (χ1) is 11.8. The number of amides is 1. The number of ether oxygens (including phenoxy) is 3. The number of hydrogen-bond donors (Lipinski definition) is 1. The summed E-state index contributed by atoms with van der Waals surface area (Å²) in [5, 5.41) is 2.69. The van der Waals surface area contributed by atoms with Crippen LogP contribution < -0.4 is 10.1 Å². The van der Waals surface area contributed by atoms with Gasteiger partial charge in [-0.25, -0.2) is 4.79 Å². The summed E-state index contributed by atoms with van der Waals surface area (Å²) in [5.41, 5.74) is 0.118. The average molecular weight is 349 g/mol. The largest absolute Gasteiger partial charge is 0.490 e. The fraction of sp³-hybridized carbons (Fsp3) is 0.579. The first kappa shape index (κ1) is 19.1. The third-order valence-electron chi connectivity index (χ3n) is 4.01. The molecule has 0 aliphatic heterocycles. The van der Waals surface area contributed by atoms with E-state index in [4.69, 9.17) is 14.2 Å². The van der Waals surface area contributed by atoms with Crippen LogP contribution in [0.2, 0.25) is 0 Å². The van der Waals surface area contributed by atoms with Crippen LogP contribution in [0, 0.1) is 5.92 Å². The van der Waals surface area contributed by atoms with E-state index < -0.39 is 11.7 Å². The molecule has 0 radical (unpaired) electrons. The smallest absolute Gasteiger partial charge is 0.412 e. The summed E-state index contributed by atoms with van der Waals surface area (Å²) in [6.07, 6.45) is 2.86. The van der Waals surface area contributed by atoms with Gasteiger partial charge in [-0.3, -0.25) is 10.1 Å².